The SMILES string of the molecule is Cc1cccc(/C=C/NC(=O)Nc2ccc(C)c(C)c2)c1. The highest BCUT2D eigenvalue weighted by molar-refractivity contribution is 5.90. The average molecular weight is 280 g/mol. The molecule has 2 rings (SSSR count). The Morgan fingerprint density at radius 3 is 2.52 bits per heavy atom. The molecule has 0 aliphatic rings. The van der Waals surface area contributed by atoms with Gasteiger partial charge in [-0.2, -0.15) is 0 Å². The highest BCUT2D eigenvalue weighted by atomic mass is 16.2. The average Bonchev–Trinajstić information content (AvgIpc) is 2.43. The van der Waals surface area contributed by atoms with Crippen LogP contribution in [0.25, 0.3) is 6.08 Å². The van der Waals surface area contributed by atoms with E-state index >= 15 is 0 Å². The van der Waals surface area contributed by atoms with Crippen LogP contribution in [0, 0.1) is 20.8 Å². The summed E-state index contributed by atoms with van der Waals surface area (Å²) in [6, 6.07) is 13.7. The normalized spacial score (nSPS) is 10.6. The van der Waals surface area contributed by atoms with Crippen LogP contribution in [0.1, 0.15) is 22.3 Å². The molecule has 0 spiro atoms. The third kappa shape index (κ3) is 4.49. The molecule has 0 atom stereocenters. The molecular weight excluding hydrogens is 260 g/mol. The number of anilines is 1. The second-order valence-corrected chi connectivity index (χ2v) is 5.14. The van der Waals surface area contributed by atoms with Crippen molar-refractivity contribution in [1.82, 2.24) is 5.32 Å². The Hall–Kier alpha value is -2.55. The molecule has 0 saturated heterocycles. The molecule has 0 heterocycles. The van der Waals surface area contributed by atoms with E-state index in [1.54, 1.807) is 6.20 Å². The second kappa shape index (κ2) is 6.75. The number of carbonyl (C=O) groups is 1. The van der Waals surface area contributed by atoms with Gasteiger partial charge >= 0.3 is 6.03 Å². The number of rotatable bonds is 3. The van der Waals surface area contributed by atoms with E-state index in [-0.39, 0.29) is 6.03 Å². The van der Waals surface area contributed by atoms with Gasteiger partial charge in [0.05, 0.1) is 0 Å². The number of urea groups is 1. The van der Waals surface area contributed by atoms with Crippen molar-refractivity contribution in [2.45, 2.75) is 20.8 Å². The molecule has 0 bridgehead atoms. The van der Waals surface area contributed by atoms with Crippen LogP contribution in [0.15, 0.2) is 48.7 Å². The van der Waals surface area contributed by atoms with Crippen LogP contribution in [0.4, 0.5) is 10.5 Å². The van der Waals surface area contributed by atoms with Gasteiger partial charge in [-0.25, -0.2) is 4.79 Å². The molecule has 0 radical (unpaired) electrons. The van der Waals surface area contributed by atoms with Gasteiger partial charge in [-0.3, -0.25) is 0 Å². The van der Waals surface area contributed by atoms with E-state index in [0.29, 0.717) is 0 Å². The fraction of sp³-hybridized carbons (Fsp3) is 0.167. The summed E-state index contributed by atoms with van der Waals surface area (Å²) < 4.78 is 0. The van der Waals surface area contributed by atoms with Crippen LogP contribution >= 0.6 is 0 Å². The summed E-state index contributed by atoms with van der Waals surface area (Å²) in [4.78, 5) is 11.8. The lowest BCUT2D eigenvalue weighted by Gasteiger charge is -2.07. The number of benzene rings is 2. The third-order valence-electron chi connectivity index (χ3n) is 3.30. The Bertz CT molecular complexity index is 675. The first-order valence-electron chi connectivity index (χ1n) is 6.92. The van der Waals surface area contributed by atoms with Gasteiger partial charge in [0.2, 0.25) is 0 Å². The van der Waals surface area contributed by atoms with Crippen molar-refractivity contribution in [2.75, 3.05) is 5.32 Å². The van der Waals surface area contributed by atoms with E-state index < -0.39 is 0 Å². The van der Waals surface area contributed by atoms with Crippen LogP contribution in [0.5, 0.6) is 0 Å². The zero-order valence-electron chi connectivity index (χ0n) is 12.6. The van der Waals surface area contributed by atoms with E-state index in [2.05, 4.69) is 16.7 Å². The molecule has 2 N–H and O–H groups in total. The Balaban J connectivity index is 1.91. The molecule has 21 heavy (non-hydrogen) atoms. The van der Waals surface area contributed by atoms with E-state index in [0.717, 1.165) is 16.8 Å². The Morgan fingerprint density at radius 1 is 1.00 bits per heavy atom. The Labute approximate surface area is 125 Å². The van der Waals surface area contributed by atoms with Crippen LogP contribution in [-0.4, -0.2) is 6.03 Å². The van der Waals surface area contributed by atoms with Crippen LogP contribution < -0.4 is 10.6 Å². The van der Waals surface area contributed by atoms with Gasteiger partial charge < -0.3 is 10.6 Å². The van der Waals surface area contributed by atoms with Crippen molar-refractivity contribution in [3.8, 4) is 0 Å². The monoisotopic (exact) mass is 280 g/mol. The highest BCUT2D eigenvalue weighted by Crippen LogP contribution is 2.13. The maximum absolute atomic E-state index is 11.8. The van der Waals surface area contributed by atoms with Crippen LogP contribution in [-0.2, 0) is 0 Å². The zero-order valence-corrected chi connectivity index (χ0v) is 12.6. The van der Waals surface area contributed by atoms with E-state index in [1.807, 2.05) is 63.2 Å². The van der Waals surface area contributed by atoms with Gasteiger partial charge in [-0.05, 0) is 55.7 Å². The molecule has 2 aromatic carbocycles. The maximum atomic E-state index is 11.8. The van der Waals surface area contributed by atoms with Crippen LogP contribution in [0.3, 0.4) is 0 Å². The van der Waals surface area contributed by atoms with Crippen molar-refractivity contribution in [3.05, 3.63) is 70.9 Å². The quantitative estimate of drug-likeness (QED) is 0.859. The molecule has 0 unspecified atom stereocenters. The lowest BCUT2D eigenvalue weighted by atomic mass is 10.1. The first kappa shape index (κ1) is 14.9. The van der Waals surface area contributed by atoms with Crippen molar-refractivity contribution < 1.29 is 4.79 Å². The van der Waals surface area contributed by atoms with Gasteiger partial charge in [0.1, 0.15) is 0 Å². The van der Waals surface area contributed by atoms with Crippen molar-refractivity contribution in [2.24, 2.45) is 0 Å². The molecule has 3 nitrogen and oxygen atoms in total. The topological polar surface area (TPSA) is 41.1 Å². The molecule has 108 valence electrons. The van der Waals surface area contributed by atoms with E-state index in [1.165, 1.54) is 11.1 Å². The highest BCUT2D eigenvalue weighted by Gasteiger charge is 2.00. The van der Waals surface area contributed by atoms with Crippen molar-refractivity contribution in [3.63, 3.8) is 0 Å². The molecule has 0 saturated carbocycles. The van der Waals surface area contributed by atoms with Crippen LogP contribution in [0.2, 0.25) is 0 Å². The number of amides is 2. The minimum absolute atomic E-state index is 0.248. The van der Waals surface area contributed by atoms with E-state index in [9.17, 15) is 4.79 Å². The molecular formula is C18H20N2O. The van der Waals surface area contributed by atoms with Gasteiger partial charge in [-0.15, -0.1) is 0 Å². The second-order valence-electron chi connectivity index (χ2n) is 5.14. The molecule has 0 aromatic heterocycles. The molecule has 0 aliphatic carbocycles. The Morgan fingerprint density at radius 2 is 1.81 bits per heavy atom. The predicted molar refractivity (Wildman–Crippen MR) is 88.3 cm³/mol. The summed E-state index contributed by atoms with van der Waals surface area (Å²) in [5.41, 5.74) is 5.40. The van der Waals surface area contributed by atoms with Gasteiger partial charge in [0, 0.05) is 11.9 Å². The molecule has 3 heteroatoms. The van der Waals surface area contributed by atoms with Gasteiger partial charge in [0.25, 0.3) is 0 Å². The number of hydrogen-bond acceptors (Lipinski definition) is 1. The lowest BCUT2D eigenvalue weighted by molar-refractivity contribution is 0.255. The minimum Gasteiger partial charge on any atom is -0.314 e. The third-order valence-corrected chi connectivity index (χ3v) is 3.30. The molecule has 0 aliphatic heterocycles. The summed E-state index contributed by atoms with van der Waals surface area (Å²) in [5.74, 6) is 0. The number of carbonyl (C=O) groups excluding carboxylic acids is 1. The molecule has 2 aromatic rings. The van der Waals surface area contributed by atoms with Crippen molar-refractivity contribution >= 4 is 17.8 Å². The first-order chi connectivity index (χ1) is 10.0. The summed E-state index contributed by atoms with van der Waals surface area (Å²) >= 11 is 0. The van der Waals surface area contributed by atoms with Crippen molar-refractivity contribution in [1.29, 1.82) is 0 Å². The smallest absolute Gasteiger partial charge is 0.314 e. The summed E-state index contributed by atoms with van der Waals surface area (Å²) in [6.45, 7) is 6.11. The summed E-state index contributed by atoms with van der Waals surface area (Å²) in [5, 5.41) is 5.51. The maximum Gasteiger partial charge on any atom is 0.323 e. The zero-order chi connectivity index (χ0) is 15.2. The lowest BCUT2D eigenvalue weighted by Crippen LogP contribution is -2.23. The molecule has 0 fully saturated rings. The summed E-state index contributed by atoms with van der Waals surface area (Å²) in [7, 11) is 0. The molecule has 2 amide bonds. The summed E-state index contributed by atoms with van der Waals surface area (Å²) in [6.07, 6.45) is 3.51. The number of nitrogens with one attached hydrogen (secondary N) is 2. The largest absolute Gasteiger partial charge is 0.323 e. The number of aryl methyl sites for hydroxylation is 3. The first-order valence-corrected chi connectivity index (χ1v) is 6.92. The standard InChI is InChI=1S/C18H20N2O/c1-13-5-4-6-16(11-13)9-10-19-18(21)20-17-8-7-14(2)15(3)12-17/h4-12H,1-3H3,(H2,19,20,21)/b10-9+. The minimum atomic E-state index is -0.248. The Kier molecular flexibility index (Phi) is 4.77. The fourth-order valence-corrected chi connectivity index (χ4v) is 1.97. The van der Waals surface area contributed by atoms with Gasteiger partial charge in [-0.1, -0.05) is 35.9 Å². The fourth-order valence-electron chi connectivity index (χ4n) is 1.97. The number of hydrogen-bond donors (Lipinski definition) is 2. The van der Waals surface area contributed by atoms with Gasteiger partial charge in [0.15, 0.2) is 0 Å². The predicted octanol–water partition coefficient (Wildman–Crippen LogP) is 4.40. The van der Waals surface area contributed by atoms with E-state index in [4.69, 9.17) is 0 Å².